The van der Waals surface area contributed by atoms with E-state index >= 15 is 0 Å². The normalized spacial score (nSPS) is 31.7. The molecule has 2 heterocycles. The average molecular weight is 260 g/mol. The van der Waals surface area contributed by atoms with Crippen LogP contribution >= 0.6 is 0 Å². The summed E-state index contributed by atoms with van der Waals surface area (Å²) in [6, 6.07) is 0. The molecule has 1 fully saturated rings. The Balaban J connectivity index is 2.30. The summed E-state index contributed by atoms with van der Waals surface area (Å²) in [5.41, 5.74) is 5.50. The minimum absolute atomic E-state index is 0.296. The van der Waals surface area contributed by atoms with Crippen LogP contribution < -0.4 is 5.73 Å². The molecule has 0 amide bonds. The predicted molar refractivity (Wildman–Crippen MR) is 56.3 cm³/mol. The molecule has 0 saturated carbocycles. The summed E-state index contributed by atoms with van der Waals surface area (Å²) in [5, 5.41) is 38.8. The lowest BCUT2D eigenvalue weighted by Gasteiger charge is -2.15. The number of aliphatic hydroxyl groups is 3. The van der Waals surface area contributed by atoms with Crippen LogP contribution in [0.1, 0.15) is 6.23 Å². The molecule has 0 spiro atoms. The quantitative estimate of drug-likeness (QED) is 0.358. The van der Waals surface area contributed by atoms with Crippen molar-refractivity contribution in [1.29, 1.82) is 0 Å². The summed E-state index contributed by atoms with van der Waals surface area (Å²) in [7, 11) is 0. The van der Waals surface area contributed by atoms with Gasteiger partial charge in [-0.25, -0.2) is 0 Å². The van der Waals surface area contributed by atoms with Crippen LogP contribution in [0, 0.1) is 10.1 Å². The molecule has 4 atom stereocenters. The average Bonchev–Trinajstić information content (AvgIpc) is 2.82. The van der Waals surface area contributed by atoms with Gasteiger partial charge in [-0.1, -0.05) is 0 Å². The van der Waals surface area contributed by atoms with Crippen LogP contribution in [0.2, 0.25) is 0 Å². The summed E-state index contributed by atoms with van der Waals surface area (Å²) in [6.07, 6.45) is -3.74. The van der Waals surface area contributed by atoms with Crippen molar-refractivity contribution in [3.63, 3.8) is 0 Å². The fourth-order valence-corrected chi connectivity index (χ4v) is 1.81. The molecule has 1 saturated heterocycles. The smallest absolute Gasteiger partial charge is 0.394 e. The fourth-order valence-electron chi connectivity index (χ4n) is 1.81. The van der Waals surface area contributed by atoms with E-state index in [-0.39, 0.29) is 5.82 Å². The largest absolute Gasteiger partial charge is 0.406 e. The maximum atomic E-state index is 10.6. The van der Waals surface area contributed by atoms with E-state index in [0.29, 0.717) is 0 Å². The van der Waals surface area contributed by atoms with Crippen LogP contribution in [-0.4, -0.2) is 54.7 Å². The van der Waals surface area contributed by atoms with Crippen molar-refractivity contribution in [2.45, 2.75) is 24.5 Å². The number of nitro groups is 1. The number of nitrogen functional groups attached to an aromatic ring is 1. The fraction of sp³-hybridized carbons (Fsp3) is 0.625. The van der Waals surface area contributed by atoms with Gasteiger partial charge in [-0.2, -0.15) is 0 Å². The van der Waals surface area contributed by atoms with Gasteiger partial charge in [0.1, 0.15) is 18.3 Å². The highest BCUT2D eigenvalue weighted by Gasteiger charge is 2.45. The minimum Gasteiger partial charge on any atom is -0.394 e. The summed E-state index contributed by atoms with van der Waals surface area (Å²) >= 11 is 0. The molecule has 1 aromatic heterocycles. The van der Waals surface area contributed by atoms with E-state index in [4.69, 9.17) is 15.6 Å². The molecule has 1 aliphatic heterocycles. The molecule has 5 N–H and O–H groups in total. The number of imidazole rings is 1. The highest BCUT2D eigenvalue weighted by molar-refractivity contribution is 5.47. The summed E-state index contributed by atoms with van der Waals surface area (Å²) < 4.78 is 6.21. The van der Waals surface area contributed by atoms with Crippen molar-refractivity contribution in [3.8, 4) is 0 Å². The zero-order valence-electron chi connectivity index (χ0n) is 9.08. The summed E-state index contributed by atoms with van der Waals surface area (Å²) in [6.45, 7) is -0.495. The van der Waals surface area contributed by atoms with E-state index < -0.39 is 41.9 Å². The Morgan fingerprint density at radius 1 is 1.56 bits per heavy atom. The maximum absolute atomic E-state index is 10.6. The van der Waals surface area contributed by atoms with Crippen LogP contribution in [0.25, 0.3) is 0 Å². The predicted octanol–water partition coefficient (Wildman–Crippen LogP) is -2.02. The Labute approximate surface area is 100 Å². The third-order valence-corrected chi connectivity index (χ3v) is 2.78. The Hall–Kier alpha value is -1.75. The molecule has 1 aliphatic rings. The van der Waals surface area contributed by atoms with E-state index in [0.717, 1.165) is 10.9 Å². The highest BCUT2D eigenvalue weighted by atomic mass is 16.6. The lowest BCUT2D eigenvalue weighted by atomic mass is 10.1. The van der Waals surface area contributed by atoms with Gasteiger partial charge in [0.2, 0.25) is 12.1 Å². The van der Waals surface area contributed by atoms with Crippen molar-refractivity contribution >= 4 is 11.6 Å². The second kappa shape index (κ2) is 4.49. The zero-order valence-corrected chi connectivity index (χ0v) is 9.08. The molecule has 2 rings (SSSR count). The highest BCUT2D eigenvalue weighted by Crippen LogP contribution is 2.33. The van der Waals surface area contributed by atoms with Crippen LogP contribution in [-0.2, 0) is 4.74 Å². The van der Waals surface area contributed by atoms with Gasteiger partial charge in [-0.15, -0.1) is 0 Å². The third-order valence-electron chi connectivity index (χ3n) is 2.78. The van der Waals surface area contributed by atoms with Gasteiger partial charge in [0.15, 0.2) is 6.23 Å². The molecule has 1 aromatic rings. The lowest BCUT2D eigenvalue weighted by molar-refractivity contribution is -0.388. The van der Waals surface area contributed by atoms with Crippen LogP contribution in [0.5, 0.6) is 0 Å². The SMILES string of the molecule is Nc1c([N+](=O)[O-])ncn1[C@@H]1O[C@H](CO)[C@@H](O)[C@H]1O. The van der Waals surface area contributed by atoms with Crippen molar-refractivity contribution in [2.75, 3.05) is 12.3 Å². The number of rotatable bonds is 3. The van der Waals surface area contributed by atoms with Crippen molar-refractivity contribution in [3.05, 3.63) is 16.4 Å². The molecule has 10 nitrogen and oxygen atoms in total. The molecular weight excluding hydrogens is 248 g/mol. The summed E-state index contributed by atoms with van der Waals surface area (Å²) in [5.74, 6) is -0.859. The number of hydrogen-bond acceptors (Lipinski definition) is 8. The lowest BCUT2D eigenvalue weighted by Crippen LogP contribution is -2.33. The van der Waals surface area contributed by atoms with Gasteiger partial charge in [-0.3, -0.25) is 4.57 Å². The van der Waals surface area contributed by atoms with Gasteiger partial charge in [0, 0.05) is 0 Å². The maximum Gasteiger partial charge on any atom is 0.406 e. The van der Waals surface area contributed by atoms with Gasteiger partial charge >= 0.3 is 5.82 Å². The second-order valence-corrected chi connectivity index (χ2v) is 3.85. The van der Waals surface area contributed by atoms with Crippen LogP contribution in [0.3, 0.4) is 0 Å². The van der Waals surface area contributed by atoms with E-state index in [2.05, 4.69) is 4.98 Å². The van der Waals surface area contributed by atoms with E-state index in [1.54, 1.807) is 0 Å². The monoisotopic (exact) mass is 260 g/mol. The third kappa shape index (κ3) is 1.80. The Bertz CT molecular complexity index is 462. The van der Waals surface area contributed by atoms with Gasteiger partial charge in [0.25, 0.3) is 0 Å². The van der Waals surface area contributed by atoms with Crippen molar-refractivity contribution < 1.29 is 25.0 Å². The molecule has 0 radical (unpaired) electrons. The zero-order chi connectivity index (χ0) is 13.4. The molecular formula is C8H12N4O6. The minimum atomic E-state index is -1.36. The molecule has 18 heavy (non-hydrogen) atoms. The molecule has 10 heteroatoms. The molecule has 100 valence electrons. The topological polar surface area (TPSA) is 157 Å². The number of aromatic nitrogens is 2. The number of anilines is 1. The van der Waals surface area contributed by atoms with Crippen LogP contribution in [0.15, 0.2) is 6.33 Å². The van der Waals surface area contributed by atoms with Crippen LogP contribution in [0.4, 0.5) is 11.6 Å². The Morgan fingerprint density at radius 3 is 2.67 bits per heavy atom. The second-order valence-electron chi connectivity index (χ2n) is 3.85. The number of aliphatic hydroxyl groups excluding tert-OH is 3. The van der Waals surface area contributed by atoms with Gasteiger partial charge < -0.3 is 35.9 Å². The van der Waals surface area contributed by atoms with Crippen molar-refractivity contribution in [1.82, 2.24) is 9.55 Å². The van der Waals surface area contributed by atoms with Crippen molar-refractivity contribution in [2.24, 2.45) is 0 Å². The first-order valence-corrected chi connectivity index (χ1v) is 5.06. The van der Waals surface area contributed by atoms with Gasteiger partial charge in [-0.05, 0) is 9.91 Å². The van der Waals surface area contributed by atoms with Gasteiger partial charge in [0.05, 0.1) is 6.61 Å². The summed E-state index contributed by atoms with van der Waals surface area (Å²) in [4.78, 5) is 13.3. The molecule has 0 aromatic carbocycles. The number of nitrogens with two attached hydrogens (primary N) is 1. The molecule has 0 aliphatic carbocycles. The first-order chi connectivity index (χ1) is 8.47. The number of ether oxygens (including phenoxy) is 1. The van der Waals surface area contributed by atoms with E-state index in [9.17, 15) is 20.3 Å². The first-order valence-electron chi connectivity index (χ1n) is 5.06. The molecule has 0 bridgehead atoms. The first kappa shape index (κ1) is 12.7. The Kier molecular flexibility index (Phi) is 3.17. The van der Waals surface area contributed by atoms with E-state index in [1.807, 2.05) is 0 Å². The standard InChI is InChI=1S/C8H12N4O6/c9-6-7(12(16)17)10-2-11(6)8-5(15)4(14)3(1-13)18-8/h2-5,8,13-15H,1,9H2/t3-,4-,5-,8-/m1/s1. The van der Waals surface area contributed by atoms with E-state index in [1.165, 1.54) is 0 Å². The molecule has 0 unspecified atom stereocenters. The number of nitrogens with zero attached hydrogens (tertiary/aromatic N) is 3. The number of hydrogen-bond donors (Lipinski definition) is 4. The Morgan fingerprint density at radius 2 is 2.22 bits per heavy atom.